The lowest BCUT2D eigenvalue weighted by atomic mass is 10.1. The molecule has 0 fully saturated rings. The number of hydrogen-bond donors (Lipinski definition) is 0. The number of halogens is 1. The van der Waals surface area contributed by atoms with Crippen LogP contribution in [0.1, 0.15) is 28.9 Å². The monoisotopic (exact) mass is 374 g/mol. The summed E-state index contributed by atoms with van der Waals surface area (Å²) in [5.41, 5.74) is 3.80. The summed E-state index contributed by atoms with van der Waals surface area (Å²) in [7, 11) is 1.78. The highest BCUT2D eigenvalue weighted by Crippen LogP contribution is 2.22. The Morgan fingerprint density at radius 2 is 1.89 bits per heavy atom. The highest BCUT2D eigenvalue weighted by molar-refractivity contribution is 5.94. The molecule has 3 aromatic heterocycles. The molecule has 1 atom stereocenters. The standard InChI is InChI=1S/C22H19FN4O/c1-15(17-4-3-11-24-12-17)26(2)22(28)18-7-10-21-25-20(14-27(21)13-18)16-5-8-19(23)9-6-16/h3-15H,1-2H3/t15-/m1/s1. The fraction of sp³-hybridized carbons (Fsp3) is 0.136. The first-order valence-corrected chi connectivity index (χ1v) is 8.95. The van der Waals surface area contributed by atoms with Gasteiger partial charge in [0.25, 0.3) is 5.91 Å². The fourth-order valence-electron chi connectivity index (χ4n) is 3.10. The van der Waals surface area contributed by atoms with Gasteiger partial charge < -0.3 is 9.30 Å². The van der Waals surface area contributed by atoms with Gasteiger partial charge in [-0.1, -0.05) is 6.07 Å². The molecule has 0 aliphatic heterocycles. The van der Waals surface area contributed by atoms with Gasteiger partial charge in [0, 0.05) is 37.4 Å². The van der Waals surface area contributed by atoms with Crippen LogP contribution in [-0.4, -0.2) is 32.2 Å². The van der Waals surface area contributed by atoms with E-state index in [4.69, 9.17) is 0 Å². The molecule has 0 saturated carbocycles. The average Bonchev–Trinajstić information content (AvgIpc) is 3.16. The van der Waals surface area contributed by atoms with Gasteiger partial charge in [0.1, 0.15) is 11.5 Å². The predicted molar refractivity (Wildman–Crippen MR) is 105 cm³/mol. The van der Waals surface area contributed by atoms with Crippen LogP contribution in [0.2, 0.25) is 0 Å². The van der Waals surface area contributed by atoms with Gasteiger partial charge in [0.05, 0.1) is 17.3 Å². The van der Waals surface area contributed by atoms with E-state index in [1.54, 1.807) is 48.7 Å². The second-order valence-corrected chi connectivity index (χ2v) is 6.69. The third-order valence-corrected chi connectivity index (χ3v) is 4.91. The lowest BCUT2D eigenvalue weighted by molar-refractivity contribution is 0.0742. The van der Waals surface area contributed by atoms with E-state index in [2.05, 4.69) is 9.97 Å². The van der Waals surface area contributed by atoms with Crippen molar-refractivity contribution >= 4 is 11.6 Å². The molecule has 0 aliphatic rings. The third-order valence-electron chi connectivity index (χ3n) is 4.91. The molecule has 0 bridgehead atoms. The second-order valence-electron chi connectivity index (χ2n) is 6.69. The number of carbonyl (C=O) groups excluding carboxylic acids is 1. The number of carbonyl (C=O) groups is 1. The first-order chi connectivity index (χ1) is 13.5. The number of hydrogen-bond acceptors (Lipinski definition) is 3. The summed E-state index contributed by atoms with van der Waals surface area (Å²) in [4.78, 5) is 23.3. The van der Waals surface area contributed by atoms with Gasteiger partial charge in [-0.05, 0) is 55.0 Å². The van der Waals surface area contributed by atoms with Gasteiger partial charge in [0.15, 0.2) is 0 Å². The minimum atomic E-state index is -0.286. The van der Waals surface area contributed by atoms with Gasteiger partial charge in [-0.15, -0.1) is 0 Å². The van der Waals surface area contributed by atoms with E-state index in [1.165, 1.54) is 12.1 Å². The Hall–Kier alpha value is -3.54. The molecule has 0 unspecified atom stereocenters. The minimum absolute atomic E-state index is 0.0877. The van der Waals surface area contributed by atoms with Gasteiger partial charge in [-0.25, -0.2) is 9.37 Å². The SMILES string of the molecule is C[C@H](c1cccnc1)N(C)C(=O)c1ccc2nc(-c3ccc(F)cc3)cn2c1. The van der Waals surface area contributed by atoms with Crippen molar-refractivity contribution in [3.8, 4) is 11.3 Å². The van der Waals surface area contributed by atoms with Gasteiger partial charge in [0.2, 0.25) is 0 Å². The Morgan fingerprint density at radius 3 is 2.61 bits per heavy atom. The fourth-order valence-corrected chi connectivity index (χ4v) is 3.10. The summed E-state index contributed by atoms with van der Waals surface area (Å²) in [6.07, 6.45) is 7.08. The molecule has 3 heterocycles. The van der Waals surface area contributed by atoms with Gasteiger partial charge in [-0.2, -0.15) is 0 Å². The summed E-state index contributed by atoms with van der Waals surface area (Å²) >= 11 is 0. The molecule has 0 aliphatic carbocycles. The summed E-state index contributed by atoms with van der Waals surface area (Å²) in [6.45, 7) is 1.97. The Kier molecular flexibility index (Phi) is 4.61. The maximum Gasteiger partial charge on any atom is 0.255 e. The predicted octanol–water partition coefficient (Wildman–Crippen LogP) is 4.37. The van der Waals surface area contributed by atoms with Crippen LogP contribution in [0.5, 0.6) is 0 Å². The Balaban J connectivity index is 1.62. The van der Waals surface area contributed by atoms with Crippen LogP contribution in [0.25, 0.3) is 16.9 Å². The molecule has 6 heteroatoms. The maximum atomic E-state index is 13.1. The molecule has 0 spiro atoms. The molecule has 0 N–H and O–H groups in total. The van der Waals surface area contributed by atoms with E-state index < -0.39 is 0 Å². The largest absolute Gasteiger partial charge is 0.335 e. The Morgan fingerprint density at radius 1 is 1.11 bits per heavy atom. The molecule has 140 valence electrons. The highest BCUT2D eigenvalue weighted by Gasteiger charge is 2.19. The van der Waals surface area contributed by atoms with Crippen molar-refractivity contribution in [2.45, 2.75) is 13.0 Å². The van der Waals surface area contributed by atoms with Crippen LogP contribution in [0.4, 0.5) is 4.39 Å². The number of aromatic nitrogens is 3. The van der Waals surface area contributed by atoms with Crippen molar-refractivity contribution in [1.82, 2.24) is 19.3 Å². The average molecular weight is 374 g/mol. The quantitative estimate of drug-likeness (QED) is 0.533. The van der Waals surface area contributed by atoms with E-state index in [9.17, 15) is 9.18 Å². The summed E-state index contributed by atoms with van der Waals surface area (Å²) in [6, 6.07) is 13.5. The van der Waals surface area contributed by atoms with Crippen LogP contribution in [0.3, 0.4) is 0 Å². The zero-order valence-corrected chi connectivity index (χ0v) is 15.6. The number of imidazole rings is 1. The molecule has 1 aromatic carbocycles. The van der Waals surface area contributed by atoms with E-state index >= 15 is 0 Å². The first kappa shape index (κ1) is 17.9. The molecule has 4 rings (SSSR count). The highest BCUT2D eigenvalue weighted by atomic mass is 19.1. The summed E-state index contributed by atoms with van der Waals surface area (Å²) < 4.78 is 15.0. The van der Waals surface area contributed by atoms with Crippen molar-refractivity contribution in [3.05, 3.63) is 90.3 Å². The lowest BCUT2D eigenvalue weighted by Gasteiger charge is -2.25. The van der Waals surface area contributed by atoms with Crippen molar-refractivity contribution in [2.75, 3.05) is 7.05 Å². The van der Waals surface area contributed by atoms with E-state index in [1.807, 2.05) is 35.7 Å². The summed E-state index contributed by atoms with van der Waals surface area (Å²) in [5.74, 6) is -0.374. The van der Waals surface area contributed by atoms with Crippen LogP contribution in [0.15, 0.2) is 73.3 Å². The van der Waals surface area contributed by atoms with Crippen LogP contribution >= 0.6 is 0 Å². The molecular formula is C22H19FN4O. The Bertz CT molecular complexity index is 1120. The normalized spacial score (nSPS) is 12.1. The zero-order valence-electron chi connectivity index (χ0n) is 15.6. The van der Waals surface area contributed by atoms with E-state index in [0.29, 0.717) is 5.56 Å². The van der Waals surface area contributed by atoms with Crippen molar-refractivity contribution in [1.29, 1.82) is 0 Å². The molecule has 1 amide bonds. The number of amides is 1. The minimum Gasteiger partial charge on any atom is -0.335 e. The lowest BCUT2D eigenvalue weighted by Crippen LogP contribution is -2.29. The third kappa shape index (κ3) is 3.36. The molecular weight excluding hydrogens is 355 g/mol. The number of pyridine rings is 2. The topological polar surface area (TPSA) is 50.5 Å². The van der Waals surface area contributed by atoms with Crippen molar-refractivity contribution in [2.24, 2.45) is 0 Å². The van der Waals surface area contributed by atoms with Crippen LogP contribution in [-0.2, 0) is 0 Å². The van der Waals surface area contributed by atoms with Crippen LogP contribution < -0.4 is 0 Å². The molecule has 28 heavy (non-hydrogen) atoms. The molecule has 0 saturated heterocycles. The molecule has 0 radical (unpaired) electrons. The first-order valence-electron chi connectivity index (χ1n) is 8.95. The van der Waals surface area contributed by atoms with Gasteiger partial charge >= 0.3 is 0 Å². The van der Waals surface area contributed by atoms with E-state index in [0.717, 1.165) is 22.5 Å². The number of benzene rings is 1. The Labute approximate surface area is 162 Å². The van der Waals surface area contributed by atoms with E-state index in [-0.39, 0.29) is 17.8 Å². The second kappa shape index (κ2) is 7.23. The van der Waals surface area contributed by atoms with Crippen molar-refractivity contribution < 1.29 is 9.18 Å². The molecule has 4 aromatic rings. The zero-order chi connectivity index (χ0) is 19.7. The smallest absolute Gasteiger partial charge is 0.255 e. The maximum absolute atomic E-state index is 13.1. The summed E-state index contributed by atoms with van der Waals surface area (Å²) in [5, 5.41) is 0. The van der Waals surface area contributed by atoms with Gasteiger partial charge in [-0.3, -0.25) is 9.78 Å². The van der Waals surface area contributed by atoms with Crippen molar-refractivity contribution in [3.63, 3.8) is 0 Å². The van der Waals surface area contributed by atoms with Crippen LogP contribution in [0, 0.1) is 5.82 Å². The molecule has 5 nitrogen and oxygen atoms in total. The number of nitrogens with zero attached hydrogens (tertiary/aromatic N) is 4. The number of fused-ring (bicyclic) bond motifs is 1. The number of rotatable bonds is 4.